The number of hydrogen-bond donors (Lipinski definition) is 0. The predicted molar refractivity (Wildman–Crippen MR) is 114 cm³/mol. The van der Waals surface area contributed by atoms with Gasteiger partial charge in [-0.1, -0.05) is 60.7 Å². The number of nitrogens with zero attached hydrogens (tertiary/aromatic N) is 1. The fraction of sp³-hybridized carbons (Fsp3) is 0.478. The molecule has 5 nitrogen and oxygen atoms in total. The summed E-state index contributed by atoms with van der Waals surface area (Å²) in [6, 6.07) is 20.6. The molecular formula is C23H30NO4P. The van der Waals surface area contributed by atoms with Crippen molar-refractivity contribution >= 4 is 7.60 Å². The van der Waals surface area contributed by atoms with Crippen LogP contribution in [0.25, 0.3) is 0 Å². The zero-order chi connectivity index (χ0) is 20.3. The Bertz CT molecular complexity index is 836. The molecule has 2 aliphatic rings. The summed E-state index contributed by atoms with van der Waals surface area (Å²) in [7, 11) is -3.45. The second kappa shape index (κ2) is 8.71. The molecule has 2 heterocycles. The molecule has 0 unspecified atom stereocenters. The Kier molecular flexibility index (Phi) is 6.24. The van der Waals surface area contributed by atoms with Crippen LogP contribution in [-0.2, 0) is 24.8 Å². The third kappa shape index (κ3) is 3.71. The molecule has 2 aromatic carbocycles. The summed E-state index contributed by atoms with van der Waals surface area (Å²) in [5.74, 6) is 0. The smallest absolute Gasteiger partial charge is 0.351 e. The quantitative estimate of drug-likeness (QED) is 0.542. The molecule has 0 aromatic heterocycles. The number of hydrogen-bond acceptors (Lipinski definition) is 5. The van der Waals surface area contributed by atoms with E-state index in [2.05, 4.69) is 29.2 Å². The van der Waals surface area contributed by atoms with Gasteiger partial charge in [0.2, 0.25) is 0 Å². The van der Waals surface area contributed by atoms with Crippen molar-refractivity contribution in [2.45, 2.75) is 50.7 Å². The van der Waals surface area contributed by atoms with Crippen molar-refractivity contribution in [3.8, 4) is 0 Å². The molecular weight excluding hydrogens is 385 g/mol. The zero-order valence-corrected chi connectivity index (χ0v) is 18.1. The zero-order valence-electron chi connectivity index (χ0n) is 17.2. The van der Waals surface area contributed by atoms with Gasteiger partial charge < -0.3 is 13.8 Å². The van der Waals surface area contributed by atoms with Crippen LogP contribution in [0.4, 0.5) is 0 Å². The first-order valence-corrected chi connectivity index (χ1v) is 12.1. The van der Waals surface area contributed by atoms with E-state index in [0.717, 1.165) is 12.0 Å². The van der Waals surface area contributed by atoms with E-state index in [0.29, 0.717) is 32.7 Å². The molecule has 0 spiro atoms. The first kappa shape index (κ1) is 20.8. The van der Waals surface area contributed by atoms with Gasteiger partial charge in [-0.3, -0.25) is 9.46 Å². The van der Waals surface area contributed by atoms with E-state index in [-0.39, 0.29) is 12.3 Å². The van der Waals surface area contributed by atoms with E-state index < -0.39 is 12.9 Å². The van der Waals surface area contributed by atoms with E-state index in [4.69, 9.17) is 13.8 Å². The van der Waals surface area contributed by atoms with Gasteiger partial charge in [-0.2, -0.15) is 0 Å². The second-order valence-corrected chi connectivity index (χ2v) is 9.98. The highest BCUT2D eigenvalue weighted by Crippen LogP contribution is 2.69. The molecule has 0 amide bonds. The maximum absolute atomic E-state index is 14.3. The lowest BCUT2D eigenvalue weighted by molar-refractivity contribution is 0.0265. The molecule has 4 rings (SSSR count). The number of fused-ring (bicyclic) bond motifs is 1. The summed E-state index contributed by atoms with van der Waals surface area (Å²) in [6.07, 6.45) is 2.07. The van der Waals surface area contributed by atoms with Crippen LogP contribution >= 0.6 is 7.60 Å². The highest BCUT2D eigenvalue weighted by atomic mass is 31.2. The van der Waals surface area contributed by atoms with Crippen LogP contribution in [0.2, 0.25) is 0 Å². The standard InChI is InChI=1S/C23H30NO4P/c1-3-27-29(25,28-4-2)23(17-19-11-7-5-8-12-19)16-15-22-24(23)21(18-26-22)20-13-9-6-10-14-20/h5-14,21-22H,3-4,15-18H2,1-2H3/t21-,22-,23+/m0/s1. The Morgan fingerprint density at radius 3 is 2.28 bits per heavy atom. The minimum absolute atomic E-state index is 0.0293. The van der Waals surface area contributed by atoms with Crippen molar-refractivity contribution in [3.63, 3.8) is 0 Å². The van der Waals surface area contributed by atoms with Crippen molar-refractivity contribution < 1.29 is 18.3 Å². The van der Waals surface area contributed by atoms with Crippen LogP contribution in [0, 0.1) is 0 Å². The molecule has 0 bridgehead atoms. The molecule has 6 heteroatoms. The van der Waals surface area contributed by atoms with Gasteiger partial charge in [-0.05, 0) is 37.8 Å². The summed E-state index contributed by atoms with van der Waals surface area (Å²) in [6.45, 7) is 5.04. The maximum atomic E-state index is 14.3. The molecule has 0 radical (unpaired) electrons. The molecule has 0 aliphatic carbocycles. The topological polar surface area (TPSA) is 48.0 Å². The Morgan fingerprint density at radius 1 is 1.03 bits per heavy atom. The van der Waals surface area contributed by atoms with Gasteiger partial charge >= 0.3 is 7.60 Å². The van der Waals surface area contributed by atoms with Crippen molar-refractivity contribution in [3.05, 3.63) is 71.8 Å². The number of ether oxygens (including phenoxy) is 1. The first-order valence-electron chi connectivity index (χ1n) is 10.5. The van der Waals surface area contributed by atoms with Crippen LogP contribution in [0.5, 0.6) is 0 Å². The van der Waals surface area contributed by atoms with Crippen LogP contribution in [0.3, 0.4) is 0 Å². The lowest BCUT2D eigenvalue weighted by Gasteiger charge is -2.44. The van der Waals surface area contributed by atoms with Crippen molar-refractivity contribution in [1.82, 2.24) is 4.90 Å². The largest absolute Gasteiger partial charge is 0.361 e. The molecule has 0 saturated carbocycles. The third-order valence-electron chi connectivity index (χ3n) is 5.99. The first-order chi connectivity index (χ1) is 14.1. The third-order valence-corrected chi connectivity index (χ3v) is 8.82. The van der Waals surface area contributed by atoms with Crippen molar-refractivity contribution in [2.24, 2.45) is 0 Å². The summed E-state index contributed by atoms with van der Waals surface area (Å²) in [5.41, 5.74) is 2.31. The monoisotopic (exact) mass is 415 g/mol. The van der Waals surface area contributed by atoms with E-state index in [1.165, 1.54) is 5.56 Å². The average Bonchev–Trinajstić information content (AvgIpc) is 3.32. The summed E-state index contributed by atoms with van der Waals surface area (Å²) in [5, 5.41) is -0.748. The van der Waals surface area contributed by atoms with Gasteiger partial charge in [-0.25, -0.2) is 0 Å². The SMILES string of the molecule is CCOP(=O)(OCC)[C@@]1(Cc2ccccc2)CC[C@@H]2OC[C@@H](c3ccccc3)N21. The molecule has 2 aliphatic heterocycles. The van der Waals surface area contributed by atoms with E-state index in [9.17, 15) is 4.57 Å². The predicted octanol–water partition coefficient (Wildman–Crippen LogP) is 5.38. The maximum Gasteiger partial charge on any atom is 0.351 e. The highest BCUT2D eigenvalue weighted by Gasteiger charge is 2.64. The molecule has 29 heavy (non-hydrogen) atoms. The van der Waals surface area contributed by atoms with Gasteiger partial charge in [0, 0.05) is 6.42 Å². The van der Waals surface area contributed by atoms with E-state index in [1.54, 1.807) is 0 Å². The van der Waals surface area contributed by atoms with Crippen LogP contribution in [-0.4, -0.2) is 36.2 Å². The summed E-state index contributed by atoms with van der Waals surface area (Å²) in [4.78, 5) is 2.31. The average molecular weight is 415 g/mol. The lowest BCUT2D eigenvalue weighted by Crippen LogP contribution is -2.48. The number of rotatable bonds is 8. The molecule has 2 aromatic rings. The molecule has 0 N–H and O–H groups in total. The minimum atomic E-state index is -3.45. The fourth-order valence-electron chi connectivity index (χ4n) is 4.85. The lowest BCUT2D eigenvalue weighted by atomic mass is 10.00. The summed E-state index contributed by atoms with van der Waals surface area (Å²) >= 11 is 0. The Hall–Kier alpha value is -1.49. The molecule has 156 valence electrons. The minimum Gasteiger partial charge on any atom is -0.361 e. The van der Waals surface area contributed by atoms with Gasteiger partial charge in [-0.15, -0.1) is 0 Å². The van der Waals surface area contributed by atoms with E-state index >= 15 is 0 Å². The second-order valence-electron chi connectivity index (χ2n) is 7.64. The Labute approximate surface area is 173 Å². The molecule has 3 atom stereocenters. The van der Waals surface area contributed by atoms with Gasteiger partial charge in [0.25, 0.3) is 0 Å². The molecule has 2 saturated heterocycles. The van der Waals surface area contributed by atoms with Crippen LogP contribution in [0.15, 0.2) is 60.7 Å². The van der Waals surface area contributed by atoms with Crippen LogP contribution in [0.1, 0.15) is 43.9 Å². The fourth-order valence-corrected chi connectivity index (χ4v) is 7.42. The normalized spacial score (nSPS) is 27.2. The van der Waals surface area contributed by atoms with Gasteiger partial charge in [0.05, 0.1) is 25.9 Å². The van der Waals surface area contributed by atoms with E-state index in [1.807, 2.05) is 50.2 Å². The van der Waals surface area contributed by atoms with Crippen LogP contribution < -0.4 is 0 Å². The Balaban J connectivity index is 1.82. The van der Waals surface area contributed by atoms with Gasteiger partial charge in [0.15, 0.2) is 0 Å². The molecule has 2 fully saturated rings. The highest BCUT2D eigenvalue weighted by molar-refractivity contribution is 7.55. The Morgan fingerprint density at radius 2 is 1.66 bits per heavy atom. The summed E-state index contributed by atoms with van der Waals surface area (Å²) < 4.78 is 32.4. The van der Waals surface area contributed by atoms with Crippen molar-refractivity contribution in [1.29, 1.82) is 0 Å². The van der Waals surface area contributed by atoms with Crippen molar-refractivity contribution in [2.75, 3.05) is 19.8 Å². The van der Waals surface area contributed by atoms with Gasteiger partial charge in [0.1, 0.15) is 11.5 Å². The number of benzene rings is 2.